The topological polar surface area (TPSA) is 168 Å². The highest BCUT2D eigenvalue weighted by molar-refractivity contribution is 9.11. The summed E-state index contributed by atoms with van der Waals surface area (Å²) in [6.07, 6.45) is 6.47. The molecule has 4 aliphatic heterocycles. The number of ether oxygens (including phenoxy) is 4. The molecule has 1 aromatic carbocycles. The van der Waals surface area contributed by atoms with Crippen molar-refractivity contribution in [2.45, 2.75) is 51.9 Å². The summed E-state index contributed by atoms with van der Waals surface area (Å²) < 4.78 is 50.8. The van der Waals surface area contributed by atoms with E-state index in [2.05, 4.69) is 120 Å². The van der Waals surface area contributed by atoms with Gasteiger partial charge in [-0.15, -0.1) is 10.2 Å². The fourth-order valence-electron chi connectivity index (χ4n) is 7.50. The van der Waals surface area contributed by atoms with Crippen molar-refractivity contribution < 1.29 is 32.6 Å². The van der Waals surface area contributed by atoms with Gasteiger partial charge >= 0.3 is 7.12 Å². The lowest BCUT2D eigenvalue weighted by atomic mass is 9.80. The summed E-state index contributed by atoms with van der Waals surface area (Å²) in [5.74, 6) is 2.69. The number of morpholine rings is 3. The van der Waals surface area contributed by atoms with Gasteiger partial charge in [0.25, 0.3) is 0 Å². The van der Waals surface area contributed by atoms with Crippen molar-refractivity contribution in [1.29, 1.82) is 0 Å². The first kappa shape index (κ1) is 56.4. The lowest BCUT2D eigenvalue weighted by molar-refractivity contribution is 0.00578. The Labute approximate surface area is 461 Å². The molecule has 6 aromatic rings. The lowest BCUT2D eigenvalue weighted by Crippen LogP contribution is -2.41. The Morgan fingerprint density at radius 2 is 1.14 bits per heavy atom. The van der Waals surface area contributed by atoms with Gasteiger partial charge in [-0.25, -0.2) is 24.3 Å². The summed E-state index contributed by atoms with van der Waals surface area (Å²) in [4.78, 5) is 24.0. The quantitative estimate of drug-likeness (QED) is 0.0867. The largest absolute Gasteiger partial charge is 0.496 e. The minimum absolute atomic E-state index is 0.0938. The predicted molar refractivity (Wildman–Crippen MR) is 296 cm³/mol. The van der Waals surface area contributed by atoms with E-state index < -0.39 is 11.9 Å². The Balaban J connectivity index is 0.000000159. The first-order chi connectivity index (χ1) is 35.0. The van der Waals surface area contributed by atoms with Crippen molar-refractivity contribution in [3.8, 4) is 17.0 Å². The number of hydrogen-bond acceptors (Lipinski definition) is 16. The van der Waals surface area contributed by atoms with Gasteiger partial charge in [-0.05, 0) is 137 Å². The Morgan fingerprint density at radius 1 is 0.644 bits per heavy atom. The zero-order chi connectivity index (χ0) is 52.1. The number of nitrogen functional groups attached to an aromatic ring is 1. The highest BCUT2D eigenvalue weighted by Crippen LogP contribution is 2.38. The lowest BCUT2D eigenvalue weighted by Gasteiger charge is -2.32. The van der Waals surface area contributed by atoms with Crippen molar-refractivity contribution in [2.75, 3.05) is 99.3 Å². The van der Waals surface area contributed by atoms with Crippen molar-refractivity contribution in [3.05, 3.63) is 126 Å². The van der Waals surface area contributed by atoms with Gasteiger partial charge in [0.05, 0.1) is 61.6 Å². The van der Waals surface area contributed by atoms with E-state index in [4.69, 9.17) is 57.2 Å². The maximum atomic E-state index is 13.9. The molecular weight excluding hydrogens is 1180 g/mol. The third-order valence-electron chi connectivity index (χ3n) is 12.3. The fraction of sp³-hybridized carbons (Fsp3) is 0.400. The van der Waals surface area contributed by atoms with Crippen LogP contribution in [0.1, 0.15) is 46.3 Å². The summed E-state index contributed by atoms with van der Waals surface area (Å²) in [5, 5.41) is 8.33. The molecular formula is C50H57BBr3Cl2FN10O6. The van der Waals surface area contributed by atoms with Crippen molar-refractivity contribution >= 4 is 107 Å². The van der Waals surface area contributed by atoms with E-state index in [1.54, 1.807) is 25.4 Å². The monoisotopic (exact) mass is 1230 g/mol. The number of benzene rings is 1. The Kier molecular flexibility index (Phi) is 20.5. The van der Waals surface area contributed by atoms with Crippen LogP contribution in [0.3, 0.4) is 0 Å². The average Bonchev–Trinajstić information content (AvgIpc) is 3.63. The summed E-state index contributed by atoms with van der Waals surface area (Å²) in [7, 11) is -0.346. The number of nitrogens with two attached hydrogens (primary N) is 1. The average molecular weight is 1230 g/mol. The van der Waals surface area contributed by atoms with Gasteiger partial charge in [0.2, 0.25) is 0 Å². The van der Waals surface area contributed by atoms with Crippen molar-refractivity contribution in [1.82, 2.24) is 30.1 Å². The minimum Gasteiger partial charge on any atom is -0.482 e. The molecule has 0 saturated carbocycles. The van der Waals surface area contributed by atoms with E-state index in [0.717, 1.165) is 108 Å². The van der Waals surface area contributed by atoms with Crippen LogP contribution in [0, 0.1) is 5.82 Å². The second-order valence-corrected chi connectivity index (χ2v) is 21.3. The van der Waals surface area contributed by atoms with Crippen LogP contribution in [0.5, 0.6) is 5.75 Å². The number of anilines is 4. The summed E-state index contributed by atoms with van der Waals surface area (Å²) in [5.41, 5.74) is 7.90. The zero-order valence-corrected chi connectivity index (χ0v) is 47.4. The number of nitrogens with zero attached hydrogens (tertiary/aromatic N) is 9. The van der Waals surface area contributed by atoms with Crippen LogP contribution >= 0.6 is 71.0 Å². The molecule has 2 N–H and O–H groups in total. The number of rotatable bonds is 8. The Hall–Kier alpha value is -4.29. The van der Waals surface area contributed by atoms with E-state index in [1.165, 1.54) is 12.1 Å². The van der Waals surface area contributed by atoms with Crippen molar-refractivity contribution in [2.24, 2.45) is 0 Å². The van der Waals surface area contributed by atoms with E-state index in [-0.39, 0.29) is 34.9 Å². The molecule has 4 aliphatic rings. The molecule has 16 nitrogen and oxygen atoms in total. The maximum absolute atomic E-state index is 13.9. The number of hydrogen-bond donors (Lipinski definition) is 1. The molecule has 23 heteroatoms. The van der Waals surface area contributed by atoms with Crippen LogP contribution in [0.15, 0.2) is 105 Å². The highest BCUT2D eigenvalue weighted by Gasteiger charge is 2.51. The molecule has 0 spiro atoms. The summed E-state index contributed by atoms with van der Waals surface area (Å²) in [6.45, 7) is 19.7. The van der Waals surface area contributed by atoms with Gasteiger partial charge in [0, 0.05) is 101 Å². The molecule has 4 fully saturated rings. The smallest absolute Gasteiger partial charge is 0.482 e. The molecule has 1 unspecified atom stereocenters. The summed E-state index contributed by atoms with van der Waals surface area (Å²) >= 11 is 22.1. The SMILES string of the molecule is Brc1ccc(Br)nc1.Brc1ccc(N2CCOCC2)nc1.CC(Oc1cc(-c2ccc(N3CCOCC3)nc2)nnc1N)c1c(Cl)ccc(F)c1Cl.CC1(C)OB(c2ccc(N3CCOCC3)nc2)OC1(C)C. The van der Waals surface area contributed by atoms with Gasteiger partial charge < -0.3 is 48.7 Å². The van der Waals surface area contributed by atoms with Gasteiger partial charge in [0.1, 0.15) is 34.0 Å². The summed E-state index contributed by atoms with van der Waals surface area (Å²) in [6, 6.07) is 20.0. The Bertz CT molecular complexity index is 2660. The molecule has 4 saturated heterocycles. The number of halogens is 6. The third-order valence-corrected chi connectivity index (χ3v) is 14.4. The minimum atomic E-state index is -0.670. The molecule has 5 aromatic heterocycles. The first-order valence-corrected chi connectivity index (χ1v) is 26.7. The molecule has 388 valence electrons. The number of aromatic nitrogens is 6. The van der Waals surface area contributed by atoms with Crippen LogP contribution in [0.2, 0.25) is 10.0 Å². The molecule has 1 atom stereocenters. The molecule has 9 heterocycles. The zero-order valence-electron chi connectivity index (χ0n) is 41.1. The van der Waals surface area contributed by atoms with Gasteiger partial charge in [0.15, 0.2) is 11.6 Å². The van der Waals surface area contributed by atoms with Crippen molar-refractivity contribution in [3.63, 3.8) is 0 Å². The van der Waals surface area contributed by atoms with Gasteiger partial charge in [-0.3, -0.25) is 0 Å². The first-order valence-electron chi connectivity index (χ1n) is 23.6. The standard InChI is InChI=1S/C21H20Cl2FN5O2.C15H23BN2O3.C9H11BrN2O.C5H3Br2N/c1-12(19-14(22)3-4-15(24)20(19)23)31-17-10-16(27-28-21(17)25)13-2-5-18(26-11-13)29-6-8-30-9-7-29;1-14(2)15(3,4)21-16(20-14)12-5-6-13(17-11-12)18-7-9-19-10-8-18;10-8-1-2-9(11-7-8)12-3-5-13-6-4-12;6-4-1-2-5(7)8-3-4/h2-5,10-12H,6-9H2,1H3,(H2,25,28);5-6,11H,7-10H2,1-4H3;1-2,7H,3-6H2;1-3H. The second-order valence-electron chi connectivity index (χ2n) is 17.9. The second kappa shape index (κ2) is 26.5. The molecule has 0 bridgehead atoms. The van der Waals surface area contributed by atoms with Crippen LogP contribution in [-0.2, 0) is 23.5 Å². The fourth-order valence-corrected chi connectivity index (χ4v) is 8.88. The van der Waals surface area contributed by atoms with E-state index in [1.807, 2.05) is 60.9 Å². The number of pyridine rings is 4. The van der Waals surface area contributed by atoms with E-state index in [9.17, 15) is 4.39 Å². The van der Waals surface area contributed by atoms with Crippen LogP contribution in [0.4, 0.5) is 27.7 Å². The van der Waals surface area contributed by atoms with Gasteiger partial charge in [-0.2, -0.15) is 0 Å². The van der Waals surface area contributed by atoms with Crippen LogP contribution < -0.4 is 30.6 Å². The van der Waals surface area contributed by atoms with E-state index in [0.29, 0.717) is 29.5 Å². The highest BCUT2D eigenvalue weighted by atomic mass is 79.9. The van der Waals surface area contributed by atoms with Crippen LogP contribution in [0.25, 0.3) is 11.3 Å². The molecule has 0 aliphatic carbocycles. The molecule has 0 radical (unpaired) electrons. The predicted octanol–water partition coefficient (Wildman–Crippen LogP) is 10.0. The van der Waals surface area contributed by atoms with Crippen LogP contribution in [-0.4, -0.2) is 127 Å². The van der Waals surface area contributed by atoms with Gasteiger partial charge in [-0.1, -0.05) is 29.3 Å². The maximum Gasteiger partial charge on any atom is 0.496 e. The molecule has 0 amide bonds. The van der Waals surface area contributed by atoms with E-state index >= 15 is 0 Å². The Morgan fingerprint density at radius 3 is 1.59 bits per heavy atom. The third kappa shape index (κ3) is 15.6. The molecule has 10 rings (SSSR count). The normalized spacial score (nSPS) is 17.5. The molecule has 73 heavy (non-hydrogen) atoms.